The molecule has 4 atom stereocenters. The topological polar surface area (TPSA) is 231 Å². The number of hydrogen-bond acceptors (Lipinski definition) is 9. The molecule has 0 fully saturated rings. The lowest BCUT2D eigenvalue weighted by atomic mass is 10.1. The molecule has 9 N–H and O–H groups in total. The van der Waals surface area contributed by atoms with Gasteiger partial charge in [-0.05, 0) is 6.42 Å². The van der Waals surface area contributed by atoms with Crippen LogP contribution in [0, 0.1) is 0 Å². The van der Waals surface area contributed by atoms with Crippen LogP contribution in [-0.4, -0.2) is 81.5 Å². The van der Waals surface area contributed by atoms with Gasteiger partial charge in [0.15, 0.2) is 0 Å². The van der Waals surface area contributed by atoms with Crippen molar-refractivity contribution in [3.8, 4) is 0 Å². The Morgan fingerprint density at radius 2 is 1.27 bits per heavy atom. The summed E-state index contributed by atoms with van der Waals surface area (Å²) in [5.74, 6) is -6.57. The highest BCUT2D eigenvalue weighted by molar-refractivity contribution is 7.80. The van der Waals surface area contributed by atoms with Crippen LogP contribution < -0.4 is 27.4 Å². The Bertz CT molecular complexity index is 677. The van der Waals surface area contributed by atoms with Gasteiger partial charge in [0.2, 0.25) is 23.6 Å². The fourth-order valence-corrected chi connectivity index (χ4v) is 2.54. The summed E-state index contributed by atoms with van der Waals surface area (Å²) in [4.78, 5) is 69.5. The molecule has 13 nitrogen and oxygen atoms in total. The fraction of sp³-hybridized carbons (Fsp3) is 0.600. The van der Waals surface area contributed by atoms with Crippen molar-refractivity contribution in [3.63, 3.8) is 0 Å². The smallest absolute Gasteiger partial charge is 0.327 e. The molecule has 0 saturated carbocycles. The maximum Gasteiger partial charge on any atom is 0.327 e. The predicted octanol–water partition coefficient (Wildman–Crippen LogP) is -3.55. The van der Waals surface area contributed by atoms with E-state index >= 15 is 0 Å². The van der Waals surface area contributed by atoms with Crippen molar-refractivity contribution in [2.24, 2.45) is 11.5 Å². The van der Waals surface area contributed by atoms with E-state index in [9.17, 15) is 28.8 Å². The van der Waals surface area contributed by atoms with Crippen molar-refractivity contribution < 1.29 is 39.0 Å². The molecule has 0 heterocycles. The Balaban J connectivity index is 5.24. The molecule has 0 rings (SSSR count). The van der Waals surface area contributed by atoms with Gasteiger partial charge in [-0.3, -0.25) is 24.0 Å². The van der Waals surface area contributed by atoms with Crippen molar-refractivity contribution in [3.05, 3.63) is 0 Å². The number of nitrogens with two attached hydrogens (primary N) is 2. The van der Waals surface area contributed by atoms with Crippen LogP contribution in [0.3, 0.4) is 0 Å². The molecule has 30 heavy (non-hydrogen) atoms. The number of aliphatic carboxylic acids is 2. The Morgan fingerprint density at radius 1 is 0.800 bits per heavy atom. The van der Waals surface area contributed by atoms with Crippen LogP contribution in [0.25, 0.3) is 0 Å². The second-order valence-electron chi connectivity index (χ2n) is 6.10. The fourth-order valence-electron chi connectivity index (χ4n) is 2.04. The molecule has 4 unspecified atom stereocenters. The minimum absolute atomic E-state index is 0.201. The summed E-state index contributed by atoms with van der Waals surface area (Å²) in [6, 6.07) is -5.40. The molecule has 0 aromatic carbocycles. The maximum absolute atomic E-state index is 12.5. The van der Waals surface area contributed by atoms with Crippen LogP contribution in [-0.2, 0) is 28.8 Å². The highest BCUT2D eigenvalue weighted by Gasteiger charge is 2.30. The molecule has 0 aromatic heterocycles. The number of primary amides is 1. The van der Waals surface area contributed by atoms with Gasteiger partial charge >= 0.3 is 11.9 Å². The number of carbonyl (C=O) groups excluding carboxylic acids is 4. The summed E-state index contributed by atoms with van der Waals surface area (Å²) in [6.07, 6.45) is -1.25. The first-order valence-corrected chi connectivity index (χ1v) is 9.80. The zero-order valence-corrected chi connectivity index (χ0v) is 17.5. The van der Waals surface area contributed by atoms with Gasteiger partial charge in [-0.25, -0.2) is 4.79 Å². The summed E-state index contributed by atoms with van der Waals surface area (Å²) in [5.41, 5.74) is 10.5. The molecule has 0 aliphatic heterocycles. The van der Waals surface area contributed by atoms with E-state index in [1.807, 2.05) is 0 Å². The van der Waals surface area contributed by atoms with Crippen LogP contribution >= 0.6 is 25.3 Å². The first-order valence-electron chi connectivity index (χ1n) is 8.54. The number of carboxylic acids is 2. The van der Waals surface area contributed by atoms with Gasteiger partial charge in [0, 0.05) is 17.9 Å². The van der Waals surface area contributed by atoms with E-state index in [-0.39, 0.29) is 24.3 Å². The number of hydrogen-bond donors (Lipinski definition) is 9. The van der Waals surface area contributed by atoms with Gasteiger partial charge in [-0.1, -0.05) is 0 Å². The number of rotatable bonds is 14. The molecular formula is C15H25N5O8S2. The summed E-state index contributed by atoms with van der Waals surface area (Å²) in [6.45, 7) is 0. The van der Waals surface area contributed by atoms with E-state index in [2.05, 4.69) is 41.2 Å². The van der Waals surface area contributed by atoms with E-state index in [1.54, 1.807) is 0 Å². The van der Waals surface area contributed by atoms with E-state index in [0.717, 1.165) is 0 Å². The number of amides is 4. The molecule has 0 aliphatic rings. The average molecular weight is 468 g/mol. The number of thiol groups is 2. The average Bonchev–Trinajstić information content (AvgIpc) is 2.65. The zero-order valence-electron chi connectivity index (χ0n) is 15.7. The van der Waals surface area contributed by atoms with E-state index in [0.29, 0.717) is 0 Å². The normalized spacial score (nSPS) is 14.5. The van der Waals surface area contributed by atoms with Crippen LogP contribution in [0.2, 0.25) is 0 Å². The third-order valence-corrected chi connectivity index (χ3v) is 4.39. The molecule has 0 spiro atoms. The lowest BCUT2D eigenvalue weighted by Crippen LogP contribution is -2.58. The first-order chi connectivity index (χ1) is 13.9. The molecule has 170 valence electrons. The minimum Gasteiger partial charge on any atom is -0.481 e. The standard InChI is InChI=1S/C15H25N5O8S2/c16-6(3-11(22)23)12(24)18-7(1-2-10(17)21)13(25)19-8(4-29)14(26)20-9(5-30)15(27)28/h6-9,29-30H,1-5,16H2,(H2,17,21)(H,18,24)(H,19,25)(H,20,26)(H,22,23)(H,27,28). The van der Waals surface area contributed by atoms with Gasteiger partial charge in [0.1, 0.15) is 18.1 Å². The molecule has 0 bridgehead atoms. The SMILES string of the molecule is NC(=O)CCC(NC(=O)C(N)CC(=O)O)C(=O)NC(CS)C(=O)NC(CS)C(=O)O. The zero-order chi connectivity index (χ0) is 23.4. The number of carboxylic acid groups (broad SMARTS) is 2. The van der Waals surface area contributed by atoms with Crippen LogP contribution in [0.1, 0.15) is 19.3 Å². The Kier molecular flexibility index (Phi) is 12.5. The lowest BCUT2D eigenvalue weighted by molar-refractivity contribution is -0.141. The maximum atomic E-state index is 12.5. The third-order valence-electron chi connectivity index (χ3n) is 3.66. The number of carbonyl (C=O) groups is 6. The molecule has 4 amide bonds. The highest BCUT2D eigenvalue weighted by Crippen LogP contribution is 2.02. The number of nitrogens with one attached hydrogen (secondary N) is 3. The summed E-state index contributed by atoms with van der Waals surface area (Å²) in [7, 11) is 0. The molecule has 0 aromatic rings. The Morgan fingerprint density at radius 3 is 1.70 bits per heavy atom. The second kappa shape index (κ2) is 13.7. The third kappa shape index (κ3) is 10.3. The van der Waals surface area contributed by atoms with Crippen molar-refractivity contribution >= 4 is 60.8 Å². The van der Waals surface area contributed by atoms with Crippen molar-refractivity contribution in [2.45, 2.75) is 43.4 Å². The molecule has 0 radical (unpaired) electrons. The van der Waals surface area contributed by atoms with E-state index in [4.69, 9.17) is 21.7 Å². The summed E-state index contributed by atoms with van der Waals surface area (Å²) in [5, 5.41) is 24.3. The first kappa shape index (κ1) is 27.5. The lowest BCUT2D eigenvalue weighted by Gasteiger charge is -2.24. The summed E-state index contributed by atoms with van der Waals surface area (Å²) < 4.78 is 0. The highest BCUT2D eigenvalue weighted by atomic mass is 32.1. The van der Waals surface area contributed by atoms with E-state index < -0.39 is 66.2 Å². The minimum atomic E-state index is -1.46. The van der Waals surface area contributed by atoms with Crippen molar-refractivity contribution in [2.75, 3.05) is 11.5 Å². The van der Waals surface area contributed by atoms with E-state index in [1.165, 1.54) is 0 Å². The molecular weight excluding hydrogens is 442 g/mol. The van der Waals surface area contributed by atoms with Crippen LogP contribution in [0.5, 0.6) is 0 Å². The van der Waals surface area contributed by atoms with Gasteiger partial charge in [0.25, 0.3) is 0 Å². The van der Waals surface area contributed by atoms with Crippen molar-refractivity contribution in [1.82, 2.24) is 16.0 Å². The largest absolute Gasteiger partial charge is 0.481 e. The van der Waals surface area contributed by atoms with Gasteiger partial charge in [-0.15, -0.1) is 0 Å². The Labute approximate surface area is 182 Å². The molecule has 15 heteroatoms. The van der Waals surface area contributed by atoms with Crippen molar-refractivity contribution in [1.29, 1.82) is 0 Å². The van der Waals surface area contributed by atoms with Gasteiger partial charge in [-0.2, -0.15) is 25.3 Å². The van der Waals surface area contributed by atoms with Gasteiger partial charge in [0.05, 0.1) is 12.5 Å². The Hall–Kier alpha value is -2.52. The van der Waals surface area contributed by atoms with Crippen LogP contribution in [0.4, 0.5) is 0 Å². The molecule has 0 saturated heterocycles. The molecule has 0 aliphatic carbocycles. The predicted molar refractivity (Wildman–Crippen MR) is 110 cm³/mol. The quantitative estimate of drug-likeness (QED) is 0.115. The van der Waals surface area contributed by atoms with Crippen LogP contribution in [0.15, 0.2) is 0 Å². The summed E-state index contributed by atoms with van der Waals surface area (Å²) >= 11 is 7.75. The monoisotopic (exact) mass is 467 g/mol. The second-order valence-corrected chi connectivity index (χ2v) is 6.83. The van der Waals surface area contributed by atoms with Gasteiger partial charge < -0.3 is 37.6 Å².